The van der Waals surface area contributed by atoms with Crippen LogP contribution >= 0.6 is 11.3 Å². The van der Waals surface area contributed by atoms with Gasteiger partial charge in [-0.2, -0.15) is 4.98 Å². The van der Waals surface area contributed by atoms with E-state index in [0.29, 0.717) is 12.4 Å². The molecule has 0 aliphatic carbocycles. The van der Waals surface area contributed by atoms with Crippen molar-refractivity contribution in [3.63, 3.8) is 0 Å². The summed E-state index contributed by atoms with van der Waals surface area (Å²) in [5.41, 5.74) is 3.52. The summed E-state index contributed by atoms with van der Waals surface area (Å²) in [4.78, 5) is 21.1. The molecule has 0 radical (unpaired) electrons. The van der Waals surface area contributed by atoms with Gasteiger partial charge in [0.1, 0.15) is 5.75 Å². The van der Waals surface area contributed by atoms with Gasteiger partial charge in [-0.3, -0.25) is 4.79 Å². The summed E-state index contributed by atoms with van der Waals surface area (Å²) in [6.07, 6.45) is 0. The Labute approximate surface area is 171 Å². The molecule has 29 heavy (non-hydrogen) atoms. The zero-order valence-corrected chi connectivity index (χ0v) is 16.7. The van der Waals surface area contributed by atoms with Crippen LogP contribution in [0.25, 0.3) is 22.6 Å². The molecule has 0 saturated carbocycles. The molecule has 0 aliphatic rings. The fourth-order valence-corrected chi connectivity index (χ4v) is 3.41. The number of nitrogens with one attached hydrogen (secondary N) is 1. The monoisotopic (exact) mass is 406 g/mol. The van der Waals surface area contributed by atoms with E-state index in [0.717, 1.165) is 33.1 Å². The summed E-state index contributed by atoms with van der Waals surface area (Å²) in [5, 5.41) is 9.72. The molecule has 8 heteroatoms. The van der Waals surface area contributed by atoms with Crippen molar-refractivity contribution in [2.45, 2.75) is 13.5 Å². The van der Waals surface area contributed by atoms with E-state index in [1.807, 2.05) is 60.8 Å². The van der Waals surface area contributed by atoms with Crippen molar-refractivity contribution in [1.82, 2.24) is 20.4 Å². The minimum absolute atomic E-state index is 0.0854. The highest BCUT2D eigenvalue weighted by Crippen LogP contribution is 2.26. The largest absolute Gasteiger partial charge is 0.497 e. The Kier molecular flexibility index (Phi) is 5.35. The first-order valence-corrected chi connectivity index (χ1v) is 9.78. The van der Waals surface area contributed by atoms with Crippen LogP contribution in [0.4, 0.5) is 0 Å². The molecule has 2 aromatic heterocycles. The Morgan fingerprint density at radius 1 is 1.14 bits per heavy atom. The van der Waals surface area contributed by atoms with Gasteiger partial charge in [0.05, 0.1) is 17.8 Å². The summed E-state index contributed by atoms with van der Waals surface area (Å²) in [6, 6.07) is 15.1. The number of aryl methyl sites for hydroxylation is 1. The lowest BCUT2D eigenvalue weighted by Gasteiger charge is -2.04. The molecule has 0 atom stereocenters. The molecule has 0 fully saturated rings. The van der Waals surface area contributed by atoms with E-state index < -0.39 is 5.91 Å². The van der Waals surface area contributed by atoms with Crippen LogP contribution in [0.3, 0.4) is 0 Å². The number of nitrogens with zero attached hydrogens (tertiary/aromatic N) is 3. The van der Waals surface area contributed by atoms with Gasteiger partial charge in [-0.25, -0.2) is 4.98 Å². The summed E-state index contributed by atoms with van der Waals surface area (Å²) in [5.74, 6) is 0.563. The quantitative estimate of drug-likeness (QED) is 0.518. The fraction of sp³-hybridized carbons (Fsp3) is 0.143. The van der Waals surface area contributed by atoms with Crippen LogP contribution in [0, 0.1) is 6.92 Å². The van der Waals surface area contributed by atoms with Crippen LogP contribution in [0.5, 0.6) is 5.75 Å². The van der Waals surface area contributed by atoms with Crippen LogP contribution in [0.15, 0.2) is 58.4 Å². The fourth-order valence-electron chi connectivity index (χ4n) is 2.79. The molecule has 0 unspecified atom stereocenters. The molecule has 4 rings (SSSR count). The lowest BCUT2D eigenvalue weighted by molar-refractivity contribution is 0.0907. The maximum atomic E-state index is 12.4. The number of hydrogen-bond acceptors (Lipinski definition) is 7. The molecule has 146 valence electrons. The lowest BCUT2D eigenvalue weighted by Crippen LogP contribution is -2.23. The first kappa shape index (κ1) is 18.8. The van der Waals surface area contributed by atoms with Gasteiger partial charge in [-0.1, -0.05) is 35.5 Å². The van der Waals surface area contributed by atoms with Gasteiger partial charge in [0.15, 0.2) is 0 Å². The highest BCUT2D eigenvalue weighted by molar-refractivity contribution is 7.09. The number of carbonyl (C=O) groups is 1. The first-order valence-electron chi connectivity index (χ1n) is 8.90. The van der Waals surface area contributed by atoms with E-state index in [4.69, 9.17) is 9.26 Å². The average molecular weight is 406 g/mol. The lowest BCUT2D eigenvalue weighted by atomic mass is 10.1. The van der Waals surface area contributed by atoms with E-state index >= 15 is 0 Å². The van der Waals surface area contributed by atoms with Crippen molar-refractivity contribution < 1.29 is 14.1 Å². The Morgan fingerprint density at radius 2 is 1.97 bits per heavy atom. The van der Waals surface area contributed by atoms with Gasteiger partial charge in [-0.15, -0.1) is 11.3 Å². The molecule has 2 heterocycles. The van der Waals surface area contributed by atoms with Crippen molar-refractivity contribution >= 4 is 17.2 Å². The molecule has 4 aromatic rings. The number of methoxy groups -OCH3 is 1. The number of amides is 1. The molecular formula is C21H18N4O3S. The number of rotatable bonds is 6. The number of benzene rings is 2. The third-order valence-corrected chi connectivity index (χ3v) is 5.02. The molecule has 1 N–H and O–H groups in total. The number of thiazole rings is 1. The van der Waals surface area contributed by atoms with Gasteiger partial charge < -0.3 is 14.6 Å². The van der Waals surface area contributed by atoms with Crippen molar-refractivity contribution in [2.24, 2.45) is 0 Å². The Morgan fingerprint density at radius 3 is 2.76 bits per heavy atom. The smallest absolute Gasteiger partial charge is 0.316 e. The zero-order valence-electron chi connectivity index (χ0n) is 15.9. The van der Waals surface area contributed by atoms with E-state index in [2.05, 4.69) is 20.4 Å². The Hall–Kier alpha value is -3.52. The standard InChI is InChI=1S/C21H18N4O3S/c1-13-23-18(12-29-13)15-6-4-7-16(10-15)19-24-21(28-25-19)20(26)22-11-14-5-3-8-17(9-14)27-2/h3-10,12H,11H2,1-2H3,(H,22,26). The molecule has 2 aromatic carbocycles. The maximum Gasteiger partial charge on any atom is 0.316 e. The SMILES string of the molecule is COc1cccc(CNC(=O)c2nc(-c3cccc(-c4csc(C)n4)c3)no2)c1. The number of carbonyl (C=O) groups excluding carboxylic acids is 1. The molecule has 0 spiro atoms. The number of aromatic nitrogens is 3. The van der Waals surface area contributed by atoms with E-state index in [-0.39, 0.29) is 5.89 Å². The molecule has 0 aliphatic heterocycles. The predicted octanol–water partition coefficient (Wildman–Crippen LogP) is 4.11. The zero-order chi connectivity index (χ0) is 20.2. The maximum absolute atomic E-state index is 12.4. The van der Waals surface area contributed by atoms with E-state index in [1.165, 1.54) is 0 Å². The van der Waals surface area contributed by atoms with Crippen LogP contribution < -0.4 is 10.1 Å². The number of hydrogen-bond donors (Lipinski definition) is 1. The van der Waals surface area contributed by atoms with Gasteiger partial charge in [-0.05, 0) is 30.7 Å². The van der Waals surface area contributed by atoms with Crippen LogP contribution in [-0.2, 0) is 6.54 Å². The minimum Gasteiger partial charge on any atom is -0.497 e. The topological polar surface area (TPSA) is 90.1 Å². The molecule has 0 bridgehead atoms. The highest BCUT2D eigenvalue weighted by atomic mass is 32.1. The second-order valence-corrected chi connectivity index (χ2v) is 7.35. The number of ether oxygens (including phenoxy) is 1. The predicted molar refractivity (Wildman–Crippen MR) is 110 cm³/mol. The molecule has 1 amide bonds. The van der Waals surface area contributed by atoms with Crippen molar-refractivity contribution in [3.8, 4) is 28.4 Å². The second-order valence-electron chi connectivity index (χ2n) is 6.29. The van der Waals surface area contributed by atoms with Crippen molar-refractivity contribution in [1.29, 1.82) is 0 Å². The van der Waals surface area contributed by atoms with Gasteiger partial charge >= 0.3 is 11.8 Å². The van der Waals surface area contributed by atoms with Crippen LogP contribution in [0.2, 0.25) is 0 Å². The van der Waals surface area contributed by atoms with Crippen LogP contribution in [-0.4, -0.2) is 28.1 Å². The van der Waals surface area contributed by atoms with Gasteiger partial charge in [0.2, 0.25) is 5.82 Å². The average Bonchev–Trinajstić information content (AvgIpc) is 3.42. The third kappa shape index (κ3) is 4.33. The van der Waals surface area contributed by atoms with E-state index in [9.17, 15) is 4.79 Å². The summed E-state index contributed by atoms with van der Waals surface area (Å²) in [6.45, 7) is 2.29. The molecule has 7 nitrogen and oxygen atoms in total. The Bertz CT molecular complexity index is 1150. The second kappa shape index (κ2) is 8.24. The van der Waals surface area contributed by atoms with Crippen LogP contribution in [0.1, 0.15) is 21.3 Å². The minimum atomic E-state index is -0.433. The third-order valence-electron chi connectivity index (χ3n) is 4.24. The van der Waals surface area contributed by atoms with E-state index in [1.54, 1.807) is 18.4 Å². The summed E-state index contributed by atoms with van der Waals surface area (Å²) < 4.78 is 10.3. The van der Waals surface area contributed by atoms with Gasteiger partial charge in [0.25, 0.3) is 0 Å². The normalized spacial score (nSPS) is 10.7. The van der Waals surface area contributed by atoms with Crippen molar-refractivity contribution in [3.05, 3.63) is 70.4 Å². The van der Waals surface area contributed by atoms with Crippen molar-refractivity contribution in [2.75, 3.05) is 7.11 Å². The summed E-state index contributed by atoms with van der Waals surface area (Å²) in [7, 11) is 1.60. The first-order chi connectivity index (χ1) is 14.1. The molecular weight excluding hydrogens is 388 g/mol. The molecule has 0 saturated heterocycles. The van der Waals surface area contributed by atoms with Gasteiger partial charge in [0, 0.05) is 23.1 Å². The Balaban J connectivity index is 1.47. The highest BCUT2D eigenvalue weighted by Gasteiger charge is 2.16. The summed E-state index contributed by atoms with van der Waals surface area (Å²) >= 11 is 1.59.